The molecule has 0 aliphatic rings. The minimum absolute atomic E-state index is 0.119. The Morgan fingerprint density at radius 1 is 1.36 bits per heavy atom. The van der Waals surface area contributed by atoms with E-state index in [-0.39, 0.29) is 16.7 Å². The monoisotopic (exact) mass is 357 g/mol. The number of nitrogens with one attached hydrogen (secondary N) is 3. The topological polar surface area (TPSA) is 104 Å². The van der Waals surface area contributed by atoms with Gasteiger partial charge in [0.2, 0.25) is 5.91 Å². The summed E-state index contributed by atoms with van der Waals surface area (Å²) < 4.78 is 0. The molecule has 0 aliphatic heterocycles. The zero-order chi connectivity index (χ0) is 18.0. The van der Waals surface area contributed by atoms with Gasteiger partial charge in [0.25, 0.3) is 5.56 Å². The zero-order valence-corrected chi connectivity index (χ0v) is 15.0. The normalized spacial score (nSPS) is 12.3. The summed E-state index contributed by atoms with van der Waals surface area (Å²) in [5, 5.41) is 2.97. The molecule has 0 aliphatic carbocycles. The lowest BCUT2D eigenvalue weighted by Crippen LogP contribution is -2.25. The number of carbonyl (C=O) groups is 1. The first kappa shape index (κ1) is 17.2. The van der Waals surface area contributed by atoms with E-state index in [0.29, 0.717) is 22.7 Å². The first-order chi connectivity index (χ1) is 12.0. The fraction of sp³-hybridized carbons (Fsp3) is 0.294. The van der Waals surface area contributed by atoms with Gasteiger partial charge in [-0.1, -0.05) is 30.8 Å². The van der Waals surface area contributed by atoms with E-state index in [9.17, 15) is 9.59 Å². The lowest BCUT2D eigenvalue weighted by molar-refractivity contribution is -0.115. The van der Waals surface area contributed by atoms with Crippen molar-refractivity contribution in [1.82, 2.24) is 19.9 Å². The van der Waals surface area contributed by atoms with Crippen LogP contribution in [0.4, 0.5) is 5.69 Å². The molecule has 1 atom stereocenters. The van der Waals surface area contributed by atoms with E-state index in [0.717, 1.165) is 16.8 Å². The van der Waals surface area contributed by atoms with Crippen LogP contribution in [0.2, 0.25) is 0 Å². The molecular formula is C17H19N5O2S. The molecule has 3 aromatic rings. The van der Waals surface area contributed by atoms with Gasteiger partial charge in [-0.15, -0.1) is 0 Å². The van der Waals surface area contributed by atoms with Gasteiger partial charge < -0.3 is 10.3 Å². The number of hydrogen-bond acceptors (Lipinski definition) is 5. The third-order valence-corrected chi connectivity index (χ3v) is 5.30. The number of anilines is 1. The fourth-order valence-electron chi connectivity index (χ4n) is 2.44. The quantitative estimate of drug-likeness (QED) is 0.481. The lowest BCUT2D eigenvalue weighted by Gasteiger charge is -2.16. The van der Waals surface area contributed by atoms with E-state index in [1.807, 2.05) is 39.0 Å². The molecule has 1 aromatic carbocycles. The SMILES string of the molecule is CC[C@@H](Sc1nc2nc[nH]c2c(=O)[nH]1)C(=O)Nc1cccc(C)c1C. The number of H-pyrrole nitrogens is 2. The van der Waals surface area contributed by atoms with Crippen LogP contribution in [0.5, 0.6) is 0 Å². The molecular weight excluding hydrogens is 338 g/mol. The number of aryl methyl sites for hydroxylation is 1. The van der Waals surface area contributed by atoms with Gasteiger partial charge >= 0.3 is 0 Å². The van der Waals surface area contributed by atoms with Gasteiger partial charge in [0.15, 0.2) is 16.3 Å². The number of imidazole rings is 1. The average molecular weight is 357 g/mol. The Hall–Kier alpha value is -2.61. The first-order valence-electron chi connectivity index (χ1n) is 7.96. The summed E-state index contributed by atoms with van der Waals surface area (Å²) in [6.45, 7) is 5.90. The molecule has 0 spiro atoms. The van der Waals surface area contributed by atoms with E-state index < -0.39 is 0 Å². The maximum absolute atomic E-state index is 12.6. The smallest absolute Gasteiger partial charge is 0.277 e. The largest absolute Gasteiger partial charge is 0.339 e. The molecule has 130 valence electrons. The molecule has 2 heterocycles. The van der Waals surface area contributed by atoms with Crippen molar-refractivity contribution in [3.05, 3.63) is 46.0 Å². The number of nitrogens with zero attached hydrogens (tertiary/aromatic N) is 2. The Kier molecular flexibility index (Phi) is 4.89. The van der Waals surface area contributed by atoms with Crippen LogP contribution in [0.15, 0.2) is 34.5 Å². The minimum Gasteiger partial charge on any atom is -0.339 e. The Morgan fingerprint density at radius 3 is 2.92 bits per heavy atom. The number of amides is 1. The summed E-state index contributed by atoms with van der Waals surface area (Å²) in [4.78, 5) is 38.4. The fourth-order valence-corrected chi connectivity index (χ4v) is 3.33. The number of fused-ring (bicyclic) bond motifs is 1. The standard InChI is InChI=1S/C17H19N5O2S/c1-4-12(15(23)20-11-7-5-6-9(2)10(11)3)25-17-21-14-13(16(24)22-17)18-8-19-14/h5-8,12H,4H2,1-3H3,(H,20,23)(H2,18,19,21,22,24)/t12-/m1/s1. The van der Waals surface area contributed by atoms with Crippen molar-refractivity contribution in [1.29, 1.82) is 0 Å². The van der Waals surface area contributed by atoms with Crippen LogP contribution in [-0.4, -0.2) is 31.1 Å². The van der Waals surface area contributed by atoms with Crippen molar-refractivity contribution in [2.75, 3.05) is 5.32 Å². The predicted octanol–water partition coefficient (Wildman–Crippen LogP) is 2.77. The number of rotatable bonds is 5. The molecule has 7 nitrogen and oxygen atoms in total. The van der Waals surface area contributed by atoms with E-state index >= 15 is 0 Å². The molecule has 0 radical (unpaired) electrons. The van der Waals surface area contributed by atoms with Crippen LogP contribution in [-0.2, 0) is 4.79 Å². The summed E-state index contributed by atoms with van der Waals surface area (Å²) in [6, 6.07) is 5.80. The van der Waals surface area contributed by atoms with Crippen molar-refractivity contribution in [3.63, 3.8) is 0 Å². The highest BCUT2D eigenvalue weighted by Crippen LogP contribution is 2.25. The number of aromatic nitrogens is 4. The van der Waals surface area contributed by atoms with Crippen LogP contribution >= 0.6 is 11.8 Å². The predicted molar refractivity (Wildman–Crippen MR) is 99.0 cm³/mol. The number of benzene rings is 1. The Morgan fingerprint density at radius 2 is 2.16 bits per heavy atom. The van der Waals surface area contributed by atoms with E-state index in [2.05, 4.69) is 25.3 Å². The van der Waals surface area contributed by atoms with Crippen LogP contribution in [0.25, 0.3) is 11.2 Å². The van der Waals surface area contributed by atoms with Crippen LogP contribution in [0, 0.1) is 13.8 Å². The van der Waals surface area contributed by atoms with Crippen molar-refractivity contribution < 1.29 is 4.79 Å². The first-order valence-corrected chi connectivity index (χ1v) is 8.84. The Labute approximate surface area is 148 Å². The molecule has 0 fully saturated rings. The second-order valence-corrected chi connectivity index (χ2v) is 6.92. The van der Waals surface area contributed by atoms with Gasteiger partial charge in [-0.05, 0) is 37.5 Å². The van der Waals surface area contributed by atoms with Crippen molar-refractivity contribution >= 4 is 34.5 Å². The molecule has 3 N–H and O–H groups in total. The second kappa shape index (κ2) is 7.10. The van der Waals surface area contributed by atoms with Gasteiger partial charge in [-0.2, -0.15) is 0 Å². The van der Waals surface area contributed by atoms with Gasteiger partial charge in [-0.3, -0.25) is 14.6 Å². The van der Waals surface area contributed by atoms with Crippen LogP contribution < -0.4 is 10.9 Å². The van der Waals surface area contributed by atoms with Crippen LogP contribution in [0.3, 0.4) is 0 Å². The maximum Gasteiger partial charge on any atom is 0.277 e. The van der Waals surface area contributed by atoms with Gasteiger partial charge in [0.05, 0.1) is 11.6 Å². The Balaban J connectivity index is 1.80. The summed E-state index contributed by atoms with van der Waals surface area (Å²) >= 11 is 1.23. The molecule has 0 bridgehead atoms. The molecule has 3 rings (SSSR count). The molecule has 2 aromatic heterocycles. The van der Waals surface area contributed by atoms with Gasteiger partial charge in [0, 0.05) is 5.69 Å². The maximum atomic E-state index is 12.6. The van der Waals surface area contributed by atoms with Gasteiger partial charge in [0.1, 0.15) is 0 Å². The van der Waals surface area contributed by atoms with Crippen molar-refractivity contribution in [2.24, 2.45) is 0 Å². The van der Waals surface area contributed by atoms with Gasteiger partial charge in [-0.25, -0.2) is 9.97 Å². The second-order valence-electron chi connectivity index (χ2n) is 5.72. The highest BCUT2D eigenvalue weighted by atomic mass is 32.2. The highest BCUT2D eigenvalue weighted by Gasteiger charge is 2.21. The number of hydrogen-bond donors (Lipinski definition) is 3. The zero-order valence-electron chi connectivity index (χ0n) is 14.2. The molecule has 25 heavy (non-hydrogen) atoms. The molecule has 0 unspecified atom stereocenters. The van der Waals surface area contributed by atoms with E-state index in [4.69, 9.17) is 0 Å². The van der Waals surface area contributed by atoms with Crippen molar-refractivity contribution in [2.45, 2.75) is 37.6 Å². The number of carbonyl (C=O) groups excluding carboxylic acids is 1. The molecule has 0 saturated carbocycles. The summed E-state index contributed by atoms with van der Waals surface area (Å²) in [5.41, 5.74) is 3.34. The number of thioether (sulfide) groups is 1. The minimum atomic E-state index is -0.376. The lowest BCUT2D eigenvalue weighted by atomic mass is 10.1. The molecule has 1 amide bonds. The summed E-state index contributed by atoms with van der Waals surface area (Å²) in [6.07, 6.45) is 2.02. The summed E-state index contributed by atoms with van der Waals surface area (Å²) in [7, 11) is 0. The summed E-state index contributed by atoms with van der Waals surface area (Å²) in [5.74, 6) is -0.119. The van der Waals surface area contributed by atoms with Crippen LogP contribution in [0.1, 0.15) is 24.5 Å². The third kappa shape index (κ3) is 3.58. The molecule has 8 heteroatoms. The Bertz CT molecular complexity index is 979. The van der Waals surface area contributed by atoms with E-state index in [1.165, 1.54) is 18.1 Å². The average Bonchev–Trinajstić information content (AvgIpc) is 3.06. The molecule has 0 saturated heterocycles. The highest BCUT2D eigenvalue weighted by molar-refractivity contribution is 8.00. The number of aromatic amines is 2. The third-order valence-electron chi connectivity index (χ3n) is 4.05. The van der Waals surface area contributed by atoms with Crippen molar-refractivity contribution in [3.8, 4) is 0 Å². The van der Waals surface area contributed by atoms with E-state index in [1.54, 1.807) is 0 Å².